The maximum absolute atomic E-state index is 12.8. The fraction of sp³-hybridized carbons (Fsp3) is 0.333. The van der Waals surface area contributed by atoms with E-state index in [-0.39, 0.29) is 11.8 Å². The van der Waals surface area contributed by atoms with Crippen molar-refractivity contribution in [2.45, 2.75) is 37.2 Å². The number of carbonyl (C=O) groups excluding carboxylic acids is 2. The van der Waals surface area contributed by atoms with Gasteiger partial charge in [0.15, 0.2) is 0 Å². The molecule has 0 saturated heterocycles. The predicted octanol–water partition coefficient (Wildman–Crippen LogP) is 5.14. The van der Waals surface area contributed by atoms with E-state index < -0.39 is 6.04 Å². The smallest absolute Gasteiger partial charge is 0.242 e. The van der Waals surface area contributed by atoms with E-state index in [1.165, 1.54) is 0 Å². The number of rotatable bonds is 9. The number of benzene rings is 2. The van der Waals surface area contributed by atoms with Gasteiger partial charge in [0.2, 0.25) is 11.8 Å². The summed E-state index contributed by atoms with van der Waals surface area (Å²) in [5.74, 6) is 0.644. The Morgan fingerprint density at radius 1 is 1.14 bits per heavy atom. The molecular formula is C21H24BrClN2O2S. The minimum atomic E-state index is -0.523. The van der Waals surface area contributed by atoms with Crippen molar-refractivity contribution in [1.82, 2.24) is 10.2 Å². The zero-order chi connectivity index (χ0) is 20.5. The fourth-order valence-corrected chi connectivity index (χ4v) is 3.91. The van der Waals surface area contributed by atoms with Gasteiger partial charge in [0.1, 0.15) is 6.04 Å². The van der Waals surface area contributed by atoms with Gasteiger partial charge in [0.05, 0.1) is 0 Å². The van der Waals surface area contributed by atoms with Crippen LogP contribution >= 0.6 is 39.3 Å². The maximum Gasteiger partial charge on any atom is 0.242 e. The average Bonchev–Trinajstić information content (AvgIpc) is 2.70. The lowest BCUT2D eigenvalue weighted by molar-refractivity contribution is -0.140. The van der Waals surface area contributed by atoms with Crippen molar-refractivity contribution in [3.63, 3.8) is 0 Å². The quantitative estimate of drug-likeness (QED) is 0.397. The Hall–Kier alpha value is -1.50. The summed E-state index contributed by atoms with van der Waals surface area (Å²) in [7, 11) is 1.59. The lowest BCUT2D eigenvalue weighted by Gasteiger charge is -2.28. The van der Waals surface area contributed by atoms with Crippen LogP contribution in [0.25, 0.3) is 0 Å². The number of hydrogen-bond donors (Lipinski definition) is 1. The molecule has 0 heterocycles. The Kier molecular flexibility index (Phi) is 9.35. The molecule has 0 radical (unpaired) electrons. The first-order valence-corrected chi connectivity index (χ1v) is 11.2. The summed E-state index contributed by atoms with van der Waals surface area (Å²) in [6.45, 7) is 2.17. The van der Waals surface area contributed by atoms with Crippen molar-refractivity contribution in [1.29, 1.82) is 0 Å². The minimum Gasteiger partial charge on any atom is -0.357 e. The van der Waals surface area contributed by atoms with Gasteiger partial charge in [-0.25, -0.2) is 0 Å². The molecule has 150 valence electrons. The standard InChI is InChI=1S/C21H24BrClN2O2S/c1-15(21(27)24-2)25(14-16-5-7-17(22)8-6-16)20(26)4-3-13-28-19-11-9-18(23)10-12-19/h5-12,15H,3-4,13-14H2,1-2H3,(H,24,27)/t15-/m0/s1. The maximum atomic E-state index is 12.8. The summed E-state index contributed by atoms with van der Waals surface area (Å²) < 4.78 is 0.979. The number of thioether (sulfide) groups is 1. The van der Waals surface area contributed by atoms with E-state index in [2.05, 4.69) is 21.2 Å². The summed E-state index contributed by atoms with van der Waals surface area (Å²) in [6.07, 6.45) is 1.14. The largest absolute Gasteiger partial charge is 0.357 e. The van der Waals surface area contributed by atoms with Crippen LogP contribution in [-0.2, 0) is 16.1 Å². The highest BCUT2D eigenvalue weighted by molar-refractivity contribution is 9.10. The third-order valence-electron chi connectivity index (χ3n) is 4.30. The molecule has 0 unspecified atom stereocenters. The molecule has 7 heteroatoms. The molecule has 0 aromatic heterocycles. The number of nitrogens with zero attached hydrogens (tertiary/aromatic N) is 1. The average molecular weight is 484 g/mol. The predicted molar refractivity (Wildman–Crippen MR) is 120 cm³/mol. The highest BCUT2D eigenvalue weighted by atomic mass is 79.9. The molecule has 0 aliphatic carbocycles. The second kappa shape index (κ2) is 11.5. The molecule has 0 aliphatic rings. The van der Waals surface area contributed by atoms with Crippen molar-refractivity contribution in [3.05, 3.63) is 63.6 Å². The molecule has 28 heavy (non-hydrogen) atoms. The third kappa shape index (κ3) is 7.15. The number of likely N-dealkylation sites (N-methyl/N-ethyl adjacent to an activating group) is 1. The Bertz CT molecular complexity index is 784. The topological polar surface area (TPSA) is 49.4 Å². The van der Waals surface area contributed by atoms with Crippen molar-refractivity contribution >= 4 is 51.1 Å². The van der Waals surface area contributed by atoms with Gasteiger partial charge in [-0.1, -0.05) is 39.7 Å². The zero-order valence-electron chi connectivity index (χ0n) is 16.0. The van der Waals surface area contributed by atoms with E-state index in [4.69, 9.17) is 11.6 Å². The second-order valence-electron chi connectivity index (χ2n) is 6.34. The molecule has 0 spiro atoms. The third-order valence-corrected chi connectivity index (χ3v) is 6.18. The Morgan fingerprint density at radius 2 is 1.79 bits per heavy atom. The number of nitrogens with one attached hydrogen (secondary N) is 1. The summed E-state index contributed by atoms with van der Waals surface area (Å²) in [5, 5.41) is 3.35. The lowest BCUT2D eigenvalue weighted by Crippen LogP contribution is -2.46. The van der Waals surface area contributed by atoms with Gasteiger partial charge in [-0.05, 0) is 61.1 Å². The van der Waals surface area contributed by atoms with E-state index >= 15 is 0 Å². The number of carbonyl (C=O) groups is 2. The summed E-state index contributed by atoms with van der Waals surface area (Å²) >= 11 is 11.0. The minimum absolute atomic E-state index is 0.0178. The molecule has 2 rings (SSSR count). The first kappa shape index (κ1) is 22.8. The number of halogens is 2. The van der Waals surface area contributed by atoms with E-state index in [9.17, 15) is 9.59 Å². The molecular weight excluding hydrogens is 460 g/mol. The van der Waals surface area contributed by atoms with Gasteiger partial charge >= 0.3 is 0 Å². The number of amides is 2. The normalized spacial score (nSPS) is 11.7. The van der Waals surface area contributed by atoms with Crippen molar-refractivity contribution in [3.8, 4) is 0 Å². The highest BCUT2D eigenvalue weighted by Crippen LogP contribution is 2.22. The van der Waals surface area contributed by atoms with E-state index in [0.717, 1.165) is 27.1 Å². The molecule has 4 nitrogen and oxygen atoms in total. The molecule has 2 aromatic carbocycles. The summed E-state index contributed by atoms with van der Waals surface area (Å²) in [6, 6.07) is 14.9. The molecule has 0 aliphatic heterocycles. The zero-order valence-corrected chi connectivity index (χ0v) is 19.1. The molecule has 1 N–H and O–H groups in total. The van der Waals surface area contributed by atoms with Crippen LogP contribution in [0.2, 0.25) is 5.02 Å². The summed E-state index contributed by atoms with van der Waals surface area (Å²) in [4.78, 5) is 27.7. The first-order chi connectivity index (χ1) is 13.4. The van der Waals surface area contributed by atoms with E-state index in [0.29, 0.717) is 18.0 Å². The van der Waals surface area contributed by atoms with Crippen molar-refractivity contribution < 1.29 is 9.59 Å². The molecule has 0 saturated carbocycles. The Morgan fingerprint density at radius 3 is 2.39 bits per heavy atom. The van der Waals surface area contributed by atoms with Crippen LogP contribution in [0.3, 0.4) is 0 Å². The van der Waals surface area contributed by atoms with E-state index in [1.807, 2.05) is 48.5 Å². The monoisotopic (exact) mass is 482 g/mol. The van der Waals surface area contributed by atoms with Crippen LogP contribution in [0.4, 0.5) is 0 Å². The van der Waals surface area contributed by atoms with Gasteiger partial charge in [-0.15, -0.1) is 11.8 Å². The fourth-order valence-electron chi connectivity index (χ4n) is 2.67. The first-order valence-electron chi connectivity index (χ1n) is 9.04. The van der Waals surface area contributed by atoms with Gasteiger partial charge in [0.25, 0.3) is 0 Å². The Balaban J connectivity index is 1.94. The lowest BCUT2D eigenvalue weighted by atomic mass is 10.1. The van der Waals surface area contributed by atoms with Gasteiger partial charge in [0, 0.05) is 34.4 Å². The van der Waals surface area contributed by atoms with Crippen molar-refractivity contribution in [2.24, 2.45) is 0 Å². The van der Waals surface area contributed by atoms with E-state index in [1.54, 1.807) is 30.6 Å². The van der Waals surface area contributed by atoms with Crippen LogP contribution in [0.1, 0.15) is 25.3 Å². The number of hydrogen-bond acceptors (Lipinski definition) is 3. The van der Waals surface area contributed by atoms with Gasteiger partial charge < -0.3 is 10.2 Å². The van der Waals surface area contributed by atoms with Crippen LogP contribution in [0.15, 0.2) is 57.9 Å². The molecule has 0 fully saturated rings. The van der Waals surface area contributed by atoms with Crippen LogP contribution in [-0.4, -0.2) is 35.6 Å². The van der Waals surface area contributed by atoms with Gasteiger partial charge in [-0.3, -0.25) is 9.59 Å². The van der Waals surface area contributed by atoms with Crippen LogP contribution < -0.4 is 5.32 Å². The summed E-state index contributed by atoms with van der Waals surface area (Å²) in [5.41, 5.74) is 0.989. The molecule has 2 aromatic rings. The molecule has 2 amide bonds. The van der Waals surface area contributed by atoms with Crippen molar-refractivity contribution in [2.75, 3.05) is 12.8 Å². The molecule has 1 atom stereocenters. The van der Waals surface area contributed by atoms with Crippen LogP contribution in [0, 0.1) is 0 Å². The Labute approximate surface area is 184 Å². The van der Waals surface area contributed by atoms with Crippen LogP contribution in [0.5, 0.6) is 0 Å². The second-order valence-corrected chi connectivity index (χ2v) is 8.86. The SMILES string of the molecule is CNC(=O)[C@H](C)N(Cc1ccc(Br)cc1)C(=O)CCCSc1ccc(Cl)cc1. The highest BCUT2D eigenvalue weighted by Gasteiger charge is 2.25. The van der Waals surface area contributed by atoms with Gasteiger partial charge in [-0.2, -0.15) is 0 Å². The molecule has 0 bridgehead atoms.